The van der Waals surface area contributed by atoms with E-state index in [1.807, 2.05) is 0 Å². The number of hydrogen-bond acceptors (Lipinski definition) is 9. The maximum atomic E-state index is 11.7. The van der Waals surface area contributed by atoms with E-state index in [1.165, 1.54) is 28.6 Å². The van der Waals surface area contributed by atoms with E-state index in [4.69, 9.17) is 10.5 Å². The molecular formula is C15H16IN5O4S. The molecule has 4 rings (SSSR count). The maximum Gasteiger partial charge on any atom is 0.180 e. The molecule has 0 spiro atoms. The van der Waals surface area contributed by atoms with Gasteiger partial charge in [0, 0.05) is 5.56 Å². The fourth-order valence-corrected chi connectivity index (χ4v) is 4.88. The number of halogens is 1. The van der Waals surface area contributed by atoms with Crippen molar-refractivity contribution >= 4 is 50.9 Å². The summed E-state index contributed by atoms with van der Waals surface area (Å²) in [6.45, 7) is 1.17. The lowest BCUT2D eigenvalue weighted by Crippen LogP contribution is -2.53. The average molecular weight is 489 g/mol. The highest BCUT2D eigenvalue weighted by Crippen LogP contribution is 2.51. The van der Waals surface area contributed by atoms with Gasteiger partial charge < -0.3 is 25.8 Å². The minimum atomic E-state index is -1.84. The number of nitrogens with two attached hydrogens (primary N) is 1. The Kier molecular flexibility index (Phi) is 4.20. The van der Waals surface area contributed by atoms with Gasteiger partial charge in [0.05, 0.1) is 15.8 Å². The molecule has 4 atom stereocenters. The third-order valence-corrected chi connectivity index (χ3v) is 6.67. The Morgan fingerprint density at radius 3 is 2.85 bits per heavy atom. The van der Waals surface area contributed by atoms with Gasteiger partial charge >= 0.3 is 0 Å². The van der Waals surface area contributed by atoms with Gasteiger partial charge in [0.2, 0.25) is 0 Å². The summed E-state index contributed by atoms with van der Waals surface area (Å²) in [5.74, 6) is 0.197. The van der Waals surface area contributed by atoms with E-state index in [1.54, 1.807) is 18.4 Å². The molecule has 138 valence electrons. The summed E-state index contributed by atoms with van der Waals surface area (Å²) in [6.07, 6.45) is 0.379. The molecule has 0 saturated carbocycles. The zero-order valence-corrected chi connectivity index (χ0v) is 16.5. The van der Waals surface area contributed by atoms with Crippen molar-refractivity contribution in [3.8, 4) is 0 Å². The summed E-state index contributed by atoms with van der Waals surface area (Å²) in [5.41, 5.74) is 3.73. The van der Waals surface area contributed by atoms with E-state index in [0.29, 0.717) is 16.7 Å². The highest BCUT2D eigenvalue weighted by molar-refractivity contribution is 14.1. The van der Waals surface area contributed by atoms with Crippen molar-refractivity contribution in [3.05, 3.63) is 32.5 Å². The summed E-state index contributed by atoms with van der Waals surface area (Å²) in [7, 11) is 0. The van der Waals surface area contributed by atoms with Crippen molar-refractivity contribution < 1.29 is 20.1 Å². The van der Waals surface area contributed by atoms with Gasteiger partial charge in [-0.15, -0.1) is 11.3 Å². The topological polar surface area (TPSA) is 140 Å². The van der Waals surface area contributed by atoms with Crippen LogP contribution in [0.4, 0.5) is 5.82 Å². The van der Waals surface area contributed by atoms with E-state index in [-0.39, 0.29) is 5.82 Å². The number of aliphatic hydroxyl groups is 3. The standard InChI is InChI=1S/C15H16IN5O4S/c1-14(21-6-20-10-12(17)18-5-19-13(10)21)15(24,7-2-9(16)26-4-7)11(23)8(3-22)25-14/h2,4-6,8,11,22-24H,3H2,1H3,(H2,17,18,19)/t8-,11-,14-,15-/m1/s1. The quantitative estimate of drug-likeness (QED) is 0.388. The first-order valence-corrected chi connectivity index (χ1v) is 9.66. The molecule has 11 heteroatoms. The molecule has 3 aromatic heterocycles. The lowest BCUT2D eigenvalue weighted by Gasteiger charge is -2.39. The van der Waals surface area contributed by atoms with Gasteiger partial charge in [0.1, 0.15) is 24.1 Å². The third kappa shape index (κ3) is 2.25. The van der Waals surface area contributed by atoms with Crippen molar-refractivity contribution in [2.45, 2.75) is 30.5 Å². The number of thiophene rings is 1. The molecule has 1 aliphatic heterocycles. The molecule has 1 fully saturated rings. The Morgan fingerprint density at radius 2 is 2.19 bits per heavy atom. The first-order chi connectivity index (χ1) is 12.3. The molecule has 3 aromatic rings. The molecule has 5 N–H and O–H groups in total. The van der Waals surface area contributed by atoms with Gasteiger partial charge in [-0.2, -0.15) is 0 Å². The molecule has 0 radical (unpaired) electrons. The second kappa shape index (κ2) is 6.07. The Balaban J connectivity index is 1.97. The summed E-state index contributed by atoms with van der Waals surface area (Å²) in [6, 6.07) is 1.78. The molecule has 1 saturated heterocycles. The fourth-order valence-electron chi connectivity index (χ4n) is 3.48. The molecule has 26 heavy (non-hydrogen) atoms. The summed E-state index contributed by atoms with van der Waals surface area (Å²) >= 11 is 3.57. The van der Waals surface area contributed by atoms with Crippen molar-refractivity contribution in [2.75, 3.05) is 12.3 Å². The monoisotopic (exact) mass is 489 g/mol. The van der Waals surface area contributed by atoms with Gasteiger partial charge in [-0.3, -0.25) is 4.57 Å². The molecule has 0 unspecified atom stereocenters. The van der Waals surface area contributed by atoms with Crippen molar-refractivity contribution in [1.29, 1.82) is 0 Å². The van der Waals surface area contributed by atoms with Crippen molar-refractivity contribution in [2.24, 2.45) is 0 Å². The molecule has 0 amide bonds. The number of aromatic nitrogens is 4. The minimum absolute atomic E-state index is 0.197. The molecule has 4 heterocycles. The van der Waals surface area contributed by atoms with Crippen LogP contribution < -0.4 is 5.73 Å². The number of anilines is 1. The number of imidazole rings is 1. The second-order valence-electron chi connectivity index (χ2n) is 6.22. The Hall–Kier alpha value is -1.38. The average Bonchev–Trinajstić information content (AvgIpc) is 3.29. The first kappa shape index (κ1) is 18.0. The number of aliphatic hydroxyl groups excluding tert-OH is 2. The van der Waals surface area contributed by atoms with E-state index in [9.17, 15) is 15.3 Å². The van der Waals surface area contributed by atoms with Crippen LogP contribution in [0.1, 0.15) is 12.5 Å². The second-order valence-corrected chi connectivity index (χ2v) is 9.02. The van der Waals surface area contributed by atoms with Crippen LogP contribution in [-0.2, 0) is 16.1 Å². The zero-order chi connectivity index (χ0) is 18.7. The van der Waals surface area contributed by atoms with Crippen LogP contribution >= 0.6 is 33.9 Å². The van der Waals surface area contributed by atoms with Gasteiger partial charge in [-0.05, 0) is 41.0 Å². The molecule has 0 bridgehead atoms. The van der Waals surface area contributed by atoms with Crippen LogP contribution in [-0.4, -0.2) is 53.7 Å². The van der Waals surface area contributed by atoms with Crippen LogP contribution in [0.5, 0.6) is 0 Å². The number of nitrogen functional groups attached to an aromatic ring is 1. The minimum Gasteiger partial charge on any atom is -0.394 e. The van der Waals surface area contributed by atoms with E-state index < -0.39 is 30.1 Å². The SMILES string of the molecule is C[C@@]1(n2cnc3c(N)ncnc32)O[C@H](CO)[C@@H](O)[C@]1(O)c1csc(I)c1. The van der Waals surface area contributed by atoms with Crippen molar-refractivity contribution in [3.63, 3.8) is 0 Å². The lowest BCUT2D eigenvalue weighted by molar-refractivity contribution is -0.188. The Labute approximate surface area is 165 Å². The molecule has 0 aliphatic carbocycles. The first-order valence-electron chi connectivity index (χ1n) is 7.70. The summed E-state index contributed by atoms with van der Waals surface area (Å²) < 4.78 is 8.41. The molecular weight excluding hydrogens is 473 g/mol. The number of hydrogen-bond donors (Lipinski definition) is 4. The van der Waals surface area contributed by atoms with Crippen molar-refractivity contribution in [1.82, 2.24) is 19.5 Å². The lowest BCUT2D eigenvalue weighted by atomic mass is 9.81. The third-order valence-electron chi connectivity index (χ3n) is 4.88. The normalized spacial score (nSPS) is 31.7. The van der Waals surface area contributed by atoms with Crippen LogP contribution in [0.3, 0.4) is 0 Å². The Morgan fingerprint density at radius 1 is 1.42 bits per heavy atom. The molecule has 1 aliphatic rings. The highest BCUT2D eigenvalue weighted by Gasteiger charge is 2.65. The predicted octanol–water partition coefficient (Wildman–Crippen LogP) is 0.387. The van der Waals surface area contributed by atoms with Gasteiger partial charge in [-0.25, -0.2) is 15.0 Å². The van der Waals surface area contributed by atoms with Crippen LogP contribution in [0, 0.1) is 2.88 Å². The number of rotatable bonds is 3. The van der Waals surface area contributed by atoms with Gasteiger partial charge in [-0.1, -0.05) is 0 Å². The van der Waals surface area contributed by atoms with E-state index in [0.717, 1.165) is 2.88 Å². The van der Waals surface area contributed by atoms with Gasteiger partial charge in [0.25, 0.3) is 0 Å². The van der Waals surface area contributed by atoms with Crippen LogP contribution in [0.2, 0.25) is 0 Å². The zero-order valence-electron chi connectivity index (χ0n) is 13.6. The highest BCUT2D eigenvalue weighted by atomic mass is 127. The van der Waals surface area contributed by atoms with Gasteiger partial charge in [0.15, 0.2) is 22.8 Å². The molecule has 9 nitrogen and oxygen atoms in total. The number of ether oxygens (including phenoxy) is 1. The summed E-state index contributed by atoms with van der Waals surface area (Å²) in [5, 5.41) is 33.9. The number of fused-ring (bicyclic) bond motifs is 1. The Bertz CT molecular complexity index is 980. The predicted molar refractivity (Wildman–Crippen MR) is 102 cm³/mol. The van der Waals surface area contributed by atoms with Crippen LogP contribution in [0.25, 0.3) is 11.2 Å². The fraction of sp³-hybridized carbons (Fsp3) is 0.400. The van der Waals surface area contributed by atoms with E-state index >= 15 is 0 Å². The van der Waals surface area contributed by atoms with Crippen LogP contribution in [0.15, 0.2) is 24.1 Å². The summed E-state index contributed by atoms with van der Waals surface area (Å²) in [4.78, 5) is 12.3. The largest absolute Gasteiger partial charge is 0.394 e. The smallest absolute Gasteiger partial charge is 0.180 e. The molecule has 0 aromatic carbocycles. The van der Waals surface area contributed by atoms with E-state index in [2.05, 4.69) is 37.5 Å². The maximum absolute atomic E-state index is 11.7. The number of nitrogens with zero attached hydrogens (tertiary/aromatic N) is 4.